The fraction of sp³-hybridized carbons (Fsp3) is 0.292. The van der Waals surface area contributed by atoms with E-state index in [9.17, 15) is 20.0 Å². The average molecular weight is 416 g/mol. The minimum absolute atomic E-state index is 0.262. The van der Waals surface area contributed by atoms with Crippen LogP contribution < -0.4 is 5.69 Å². The van der Waals surface area contributed by atoms with Crippen molar-refractivity contribution in [3.8, 4) is 6.07 Å². The van der Waals surface area contributed by atoms with Crippen molar-refractivity contribution < 1.29 is 9.90 Å². The Labute approximate surface area is 179 Å². The Bertz CT molecular complexity index is 1450. The van der Waals surface area contributed by atoms with E-state index in [0.29, 0.717) is 23.1 Å². The summed E-state index contributed by atoms with van der Waals surface area (Å²) in [6.45, 7) is 6.16. The molecule has 7 heteroatoms. The van der Waals surface area contributed by atoms with Gasteiger partial charge in [0.2, 0.25) is 0 Å². The Hall–Kier alpha value is -3.79. The van der Waals surface area contributed by atoms with Gasteiger partial charge in [0.25, 0.3) is 0 Å². The van der Waals surface area contributed by atoms with Gasteiger partial charge in [-0.05, 0) is 61.2 Å². The Kier molecular flexibility index (Phi) is 4.94. The number of nitrogens with zero attached hydrogens (tertiary/aromatic N) is 4. The molecule has 4 rings (SSSR count). The zero-order valence-corrected chi connectivity index (χ0v) is 18.0. The zero-order valence-electron chi connectivity index (χ0n) is 18.0. The highest BCUT2D eigenvalue weighted by molar-refractivity contribution is 5.88. The first-order valence-corrected chi connectivity index (χ1v) is 10.2. The molecule has 0 saturated heterocycles. The van der Waals surface area contributed by atoms with Crippen LogP contribution in [0.1, 0.15) is 41.6 Å². The van der Waals surface area contributed by atoms with Gasteiger partial charge in [-0.15, -0.1) is 0 Å². The number of benzene rings is 2. The topological polar surface area (TPSA) is 92.9 Å². The van der Waals surface area contributed by atoms with E-state index in [4.69, 9.17) is 0 Å². The number of imidazole rings is 1. The highest BCUT2D eigenvalue weighted by Crippen LogP contribution is 2.28. The van der Waals surface area contributed by atoms with Gasteiger partial charge in [-0.3, -0.25) is 9.13 Å². The van der Waals surface area contributed by atoms with Crippen LogP contribution in [0.4, 0.5) is 0 Å². The lowest BCUT2D eigenvalue weighted by Gasteiger charge is -2.11. The van der Waals surface area contributed by atoms with Crippen LogP contribution >= 0.6 is 0 Å². The lowest BCUT2D eigenvalue weighted by Crippen LogP contribution is -2.31. The van der Waals surface area contributed by atoms with Gasteiger partial charge in [-0.1, -0.05) is 13.0 Å². The van der Waals surface area contributed by atoms with E-state index >= 15 is 0 Å². The van der Waals surface area contributed by atoms with E-state index in [1.54, 1.807) is 29.7 Å². The molecule has 0 spiro atoms. The number of aliphatic carboxylic acids is 1. The van der Waals surface area contributed by atoms with E-state index in [1.165, 1.54) is 10.1 Å². The SMILES string of the molecule is CC[C@@H](C(=O)O)n1c(=O)n(Cc2cn(C)c3cc(C)cc(C)c23)c2ccc(C#N)cc21. The Balaban J connectivity index is 1.99. The van der Waals surface area contributed by atoms with E-state index in [2.05, 4.69) is 36.6 Å². The number of hydrogen-bond donors (Lipinski definition) is 1. The van der Waals surface area contributed by atoms with Crippen molar-refractivity contribution in [2.75, 3.05) is 0 Å². The molecule has 4 aromatic rings. The second-order valence-corrected chi connectivity index (χ2v) is 8.06. The van der Waals surface area contributed by atoms with E-state index < -0.39 is 12.0 Å². The number of fused-ring (bicyclic) bond motifs is 2. The third kappa shape index (κ3) is 3.21. The lowest BCUT2D eigenvalue weighted by molar-refractivity contribution is -0.141. The van der Waals surface area contributed by atoms with Crippen LogP contribution in [-0.4, -0.2) is 24.8 Å². The highest BCUT2D eigenvalue weighted by atomic mass is 16.4. The summed E-state index contributed by atoms with van der Waals surface area (Å²) in [5.41, 5.74) is 5.46. The fourth-order valence-electron chi connectivity index (χ4n) is 4.57. The molecule has 0 unspecified atom stereocenters. The molecule has 2 aromatic carbocycles. The average Bonchev–Trinajstić information content (AvgIpc) is 3.17. The standard InChI is InChI=1S/C24H24N4O3/c1-5-18(23(29)30)28-20-10-16(11-25)6-7-19(20)27(24(28)31)13-17-12-26(4)21-9-14(2)8-15(3)22(17)21/h6-10,12,18H,5,13H2,1-4H3,(H,29,30)/t18-/m0/s1. The third-order valence-corrected chi connectivity index (χ3v) is 5.91. The maximum absolute atomic E-state index is 13.5. The van der Waals surface area contributed by atoms with Gasteiger partial charge in [0.05, 0.1) is 29.2 Å². The van der Waals surface area contributed by atoms with Crippen LogP contribution in [0.2, 0.25) is 0 Å². The zero-order chi connectivity index (χ0) is 22.4. The van der Waals surface area contributed by atoms with Crippen LogP contribution in [0.25, 0.3) is 21.9 Å². The van der Waals surface area contributed by atoms with Crippen molar-refractivity contribution in [3.63, 3.8) is 0 Å². The quantitative estimate of drug-likeness (QED) is 0.534. The van der Waals surface area contributed by atoms with Gasteiger partial charge in [-0.25, -0.2) is 9.59 Å². The number of carbonyl (C=O) groups is 1. The van der Waals surface area contributed by atoms with Crippen molar-refractivity contribution in [3.05, 3.63) is 69.3 Å². The predicted octanol–water partition coefficient (Wildman–Crippen LogP) is 3.87. The van der Waals surface area contributed by atoms with E-state index in [1.807, 2.05) is 13.2 Å². The van der Waals surface area contributed by atoms with Crippen LogP contribution in [0, 0.1) is 25.2 Å². The summed E-state index contributed by atoms with van der Waals surface area (Å²) in [6, 6.07) is 10.3. The first-order chi connectivity index (χ1) is 14.8. The van der Waals surface area contributed by atoms with E-state index in [0.717, 1.165) is 22.0 Å². The molecule has 1 N–H and O–H groups in total. The van der Waals surface area contributed by atoms with Crippen LogP contribution in [-0.2, 0) is 18.4 Å². The van der Waals surface area contributed by atoms with Crippen LogP contribution in [0.15, 0.2) is 41.3 Å². The van der Waals surface area contributed by atoms with E-state index in [-0.39, 0.29) is 12.1 Å². The molecular weight excluding hydrogens is 392 g/mol. The van der Waals surface area contributed by atoms with Gasteiger partial charge in [0.15, 0.2) is 0 Å². The van der Waals surface area contributed by atoms with Crippen molar-refractivity contribution in [2.45, 2.75) is 39.8 Å². The van der Waals surface area contributed by atoms with Crippen molar-refractivity contribution in [2.24, 2.45) is 7.05 Å². The van der Waals surface area contributed by atoms with Crippen LogP contribution in [0.5, 0.6) is 0 Å². The highest BCUT2D eigenvalue weighted by Gasteiger charge is 2.25. The minimum atomic E-state index is -1.07. The van der Waals surface area contributed by atoms with Crippen molar-refractivity contribution in [1.29, 1.82) is 5.26 Å². The van der Waals surface area contributed by atoms with Gasteiger partial charge >= 0.3 is 11.7 Å². The lowest BCUT2D eigenvalue weighted by atomic mass is 10.0. The Morgan fingerprint density at radius 1 is 1.16 bits per heavy atom. The summed E-state index contributed by atoms with van der Waals surface area (Å²) in [7, 11) is 1.98. The first-order valence-electron chi connectivity index (χ1n) is 10.2. The molecule has 0 saturated carbocycles. The molecule has 0 aliphatic heterocycles. The second-order valence-electron chi connectivity index (χ2n) is 8.06. The minimum Gasteiger partial charge on any atom is -0.480 e. The Morgan fingerprint density at radius 3 is 2.55 bits per heavy atom. The summed E-state index contributed by atoms with van der Waals surface area (Å²) in [5, 5.41) is 20.1. The predicted molar refractivity (Wildman–Crippen MR) is 119 cm³/mol. The number of aromatic nitrogens is 3. The molecule has 0 bridgehead atoms. The molecule has 31 heavy (non-hydrogen) atoms. The summed E-state index contributed by atoms with van der Waals surface area (Å²) in [6.07, 6.45) is 2.28. The maximum Gasteiger partial charge on any atom is 0.330 e. The molecule has 2 heterocycles. The molecule has 0 aliphatic carbocycles. The normalized spacial score (nSPS) is 12.4. The molecule has 0 aliphatic rings. The number of nitriles is 1. The summed E-state index contributed by atoms with van der Waals surface area (Å²) in [5.74, 6) is -1.07. The summed E-state index contributed by atoms with van der Waals surface area (Å²) in [4.78, 5) is 25.3. The first kappa shape index (κ1) is 20.5. The Morgan fingerprint density at radius 2 is 1.90 bits per heavy atom. The smallest absolute Gasteiger partial charge is 0.330 e. The molecular formula is C24H24N4O3. The fourth-order valence-corrected chi connectivity index (χ4v) is 4.57. The molecule has 2 aromatic heterocycles. The largest absolute Gasteiger partial charge is 0.480 e. The molecule has 0 amide bonds. The molecule has 158 valence electrons. The number of carboxylic acids is 1. The monoisotopic (exact) mass is 416 g/mol. The van der Waals surface area contributed by atoms with Gasteiger partial charge in [0, 0.05) is 24.1 Å². The summed E-state index contributed by atoms with van der Waals surface area (Å²) < 4.78 is 4.96. The van der Waals surface area contributed by atoms with Crippen molar-refractivity contribution in [1.82, 2.24) is 13.7 Å². The van der Waals surface area contributed by atoms with Crippen LogP contribution in [0.3, 0.4) is 0 Å². The second kappa shape index (κ2) is 7.47. The third-order valence-electron chi connectivity index (χ3n) is 5.91. The van der Waals surface area contributed by atoms with Gasteiger partial charge in [-0.2, -0.15) is 5.26 Å². The molecule has 7 nitrogen and oxygen atoms in total. The maximum atomic E-state index is 13.5. The number of carboxylic acid groups (broad SMARTS) is 1. The summed E-state index contributed by atoms with van der Waals surface area (Å²) >= 11 is 0. The van der Waals surface area contributed by atoms with Gasteiger partial charge < -0.3 is 9.67 Å². The number of hydrogen-bond acceptors (Lipinski definition) is 3. The van der Waals surface area contributed by atoms with Crippen molar-refractivity contribution >= 4 is 27.9 Å². The number of rotatable bonds is 5. The molecule has 0 radical (unpaired) electrons. The molecule has 1 atom stereocenters. The van der Waals surface area contributed by atoms with Gasteiger partial charge in [0.1, 0.15) is 6.04 Å². The number of aryl methyl sites for hydroxylation is 3. The molecule has 0 fully saturated rings.